The predicted octanol–water partition coefficient (Wildman–Crippen LogP) is 3.16. The molecule has 3 aromatic rings. The molecule has 1 aromatic heterocycles. The molecule has 1 N–H and O–H groups in total. The summed E-state index contributed by atoms with van der Waals surface area (Å²) in [4.78, 5) is 35.8. The fraction of sp³-hybridized carbons (Fsp3) is 0.292. The molecule has 0 aliphatic carbocycles. The van der Waals surface area contributed by atoms with Crippen molar-refractivity contribution in [1.29, 1.82) is 0 Å². The van der Waals surface area contributed by atoms with E-state index in [2.05, 4.69) is 0 Å². The third kappa shape index (κ3) is 4.56. The summed E-state index contributed by atoms with van der Waals surface area (Å²) in [5.74, 6) is -1.28. The summed E-state index contributed by atoms with van der Waals surface area (Å²) in [5.41, 5.74) is 2.02. The number of hydrogen-bond donors (Lipinski definition) is 1. The van der Waals surface area contributed by atoms with Crippen molar-refractivity contribution in [2.45, 2.75) is 12.8 Å². The Bertz CT molecular complexity index is 1180. The number of aliphatic carboxylic acids is 1. The first-order valence-electron chi connectivity index (χ1n) is 10.4. The standard InChI is InChI=1S/C24H23NO7/c26-20-15-21(25(11-13-30-14-12-25)16-31-23(29)10-9-22(27)28)32-24-18(7-4-8-19(20)24)17-5-2-1-3-6-17/h1-8,15H,9-14,16H2/p+1. The van der Waals surface area contributed by atoms with Crippen LogP contribution in [0.25, 0.3) is 22.1 Å². The lowest BCUT2D eigenvalue weighted by atomic mass is 10.0. The Kier molecular flexibility index (Phi) is 6.34. The zero-order valence-corrected chi connectivity index (χ0v) is 17.5. The van der Waals surface area contributed by atoms with E-state index in [0.717, 1.165) is 11.1 Å². The summed E-state index contributed by atoms with van der Waals surface area (Å²) in [6.45, 7) is 1.66. The lowest BCUT2D eigenvalue weighted by Crippen LogP contribution is -2.58. The van der Waals surface area contributed by atoms with Gasteiger partial charge < -0.3 is 19.0 Å². The van der Waals surface area contributed by atoms with Gasteiger partial charge in [-0.25, -0.2) is 4.48 Å². The molecule has 32 heavy (non-hydrogen) atoms. The molecule has 1 aliphatic rings. The van der Waals surface area contributed by atoms with Gasteiger partial charge in [-0.15, -0.1) is 0 Å². The lowest BCUT2D eigenvalue weighted by Gasteiger charge is -2.37. The Morgan fingerprint density at radius 3 is 2.47 bits per heavy atom. The summed E-state index contributed by atoms with van der Waals surface area (Å²) >= 11 is 0. The highest BCUT2D eigenvalue weighted by molar-refractivity contribution is 5.92. The van der Waals surface area contributed by atoms with Crippen LogP contribution in [0.15, 0.2) is 63.8 Å². The summed E-state index contributed by atoms with van der Waals surface area (Å²) in [5, 5.41) is 9.25. The van der Waals surface area contributed by atoms with Crippen LogP contribution in [0.5, 0.6) is 0 Å². The van der Waals surface area contributed by atoms with E-state index in [9.17, 15) is 14.4 Å². The van der Waals surface area contributed by atoms with Gasteiger partial charge in [-0.2, -0.15) is 0 Å². The number of carbonyl (C=O) groups is 2. The van der Waals surface area contributed by atoms with Crippen LogP contribution in [0, 0.1) is 0 Å². The number of carboxylic acids is 1. The van der Waals surface area contributed by atoms with Crippen molar-refractivity contribution in [2.24, 2.45) is 0 Å². The first-order valence-corrected chi connectivity index (χ1v) is 10.4. The summed E-state index contributed by atoms with van der Waals surface area (Å²) in [7, 11) is 0. The Morgan fingerprint density at radius 1 is 1.00 bits per heavy atom. The van der Waals surface area contributed by atoms with Crippen LogP contribution in [0.4, 0.5) is 5.88 Å². The molecule has 1 saturated heterocycles. The van der Waals surface area contributed by atoms with Crippen molar-refractivity contribution in [3.8, 4) is 11.1 Å². The summed E-state index contributed by atoms with van der Waals surface area (Å²) < 4.78 is 17.3. The van der Waals surface area contributed by atoms with Crippen LogP contribution in [0.1, 0.15) is 12.8 Å². The van der Waals surface area contributed by atoms with E-state index in [0.29, 0.717) is 43.2 Å². The molecule has 0 amide bonds. The molecule has 0 bridgehead atoms. The van der Waals surface area contributed by atoms with Gasteiger partial charge in [-0.1, -0.05) is 42.5 Å². The zero-order valence-electron chi connectivity index (χ0n) is 17.5. The van der Waals surface area contributed by atoms with Gasteiger partial charge in [0.05, 0.1) is 37.5 Å². The topological polar surface area (TPSA) is 103 Å². The van der Waals surface area contributed by atoms with Crippen molar-refractivity contribution >= 4 is 28.8 Å². The second-order valence-electron chi connectivity index (χ2n) is 7.74. The van der Waals surface area contributed by atoms with E-state index in [4.69, 9.17) is 19.0 Å². The van der Waals surface area contributed by atoms with Crippen LogP contribution in [0.2, 0.25) is 0 Å². The molecule has 4 rings (SSSR count). The first-order chi connectivity index (χ1) is 15.5. The zero-order chi connectivity index (χ0) is 22.6. The SMILES string of the molecule is O=C(O)CCC(=O)OC[N+]1(c2cc(=O)c3cccc(-c4ccccc4)c3o2)CCOCC1. The number of quaternary nitrogens is 1. The highest BCUT2D eigenvalue weighted by atomic mass is 16.6. The number of rotatable bonds is 7. The third-order valence-corrected chi connectivity index (χ3v) is 5.64. The second-order valence-corrected chi connectivity index (χ2v) is 7.74. The molecule has 0 unspecified atom stereocenters. The number of ether oxygens (including phenoxy) is 2. The molecule has 0 atom stereocenters. The van der Waals surface area contributed by atoms with Crippen LogP contribution in [-0.4, -0.2) is 50.1 Å². The Hall–Kier alpha value is -3.49. The van der Waals surface area contributed by atoms with Crippen LogP contribution in [-0.2, 0) is 19.1 Å². The minimum atomic E-state index is -1.06. The van der Waals surface area contributed by atoms with Gasteiger partial charge in [0.2, 0.25) is 6.73 Å². The molecule has 166 valence electrons. The van der Waals surface area contributed by atoms with Crippen molar-refractivity contribution in [1.82, 2.24) is 4.48 Å². The van der Waals surface area contributed by atoms with Crippen molar-refractivity contribution in [3.63, 3.8) is 0 Å². The molecule has 2 aromatic carbocycles. The molecule has 1 aliphatic heterocycles. The number of fused-ring (bicyclic) bond motifs is 1. The second kappa shape index (κ2) is 9.33. The molecule has 1 fully saturated rings. The normalized spacial score (nSPS) is 15.4. The lowest BCUT2D eigenvalue weighted by molar-refractivity contribution is -0.153. The van der Waals surface area contributed by atoms with E-state index in [1.807, 2.05) is 42.5 Å². The molecule has 0 spiro atoms. The van der Waals surface area contributed by atoms with Crippen molar-refractivity contribution in [2.75, 3.05) is 33.0 Å². The fourth-order valence-corrected chi connectivity index (χ4v) is 3.83. The van der Waals surface area contributed by atoms with Gasteiger partial charge >= 0.3 is 17.8 Å². The largest absolute Gasteiger partial charge is 0.481 e. The first kappa shape index (κ1) is 21.7. The maximum atomic E-state index is 13.0. The van der Waals surface area contributed by atoms with Crippen LogP contribution < -0.4 is 9.91 Å². The van der Waals surface area contributed by atoms with E-state index in [-0.39, 0.29) is 29.5 Å². The van der Waals surface area contributed by atoms with Crippen molar-refractivity contribution in [3.05, 3.63) is 64.8 Å². The number of nitrogens with zero attached hydrogens (tertiary/aromatic N) is 1. The average molecular weight is 438 g/mol. The molecule has 2 heterocycles. The quantitative estimate of drug-likeness (QED) is 0.446. The molecule has 0 radical (unpaired) electrons. The highest BCUT2D eigenvalue weighted by Gasteiger charge is 2.38. The van der Waals surface area contributed by atoms with E-state index >= 15 is 0 Å². The van der Waals surface area contributed by atoms with Gasteiger partial charge in [0.1, 0.15) is 13.1 Å². The van der Waals surface area contributed by atoms with Gasteiger partial charge in [0.25, 0.3) is 0 Å². The minimum Gasteiger partial charge on any atom is -0.481 e. The van der Waals surface area contributed by atoms with Crippen LogP contribution >= 0.6 is 0 Å². The van der Waals surface area contributed by atoms with Crippen molar-refractivity contribution < 1.29 is 28.6 Å². The molecule has 0 saturated carbocycles. The number of carbonyl (C=O) groups excluding carboxylic acids is 1. The average Bonchev–Trinajstić information content (AvgIpc) is 2.82. The van der Waals surface area contributed by atoms with Gasteiger partial charge in [-0.05, 0) is 11.6 Å². The van der Waals surface area contributed by atoms with Gasteiger partial charge in [-0.3, -0.25) is 14.4 Å². The minimum absolute atomic E-state index is 0.0657. The van der Waals surface area contributed by atoms with Gasteiger partial charge in [0.15, 0.2) is 11.0 Å². The van der Waals surface area contributed by atoms with Crippen LogP contribution in [0.3, 0.4) is 0 Å². The summed E-state index contributed by atoms with van der Waals surface area (Å²) in [6, 6.07) is 16.6. The maximum Gasteiger partial charge on any atom is 0.310 e. The number of benzene rings is 2. The highest BCUT2D eigenvalue weighted by Crippen LogP contribution is 2.32. The Balaban J connectivity index is 1.74. The predicted molar refractivity (Wildman–Crippen MR) is 118 cm³/mol. The fourth-order valence-electron chi connectivity index (χ4n) is 3.83. The molecular weight excluding hydrogens is 414 g/mol. The number of para-hydroxylation sites is 1. The smallest absolute Gasteiger partial charge is 0.310 e. The molecular formula is C24H24NO7+. The third-order valence-electron chi connectivity index (χ3n) is 5.64. The number of esters is 1. The van der Waals surface area contributed by atoms with Gasteiger partial charge in [0, 0.05) is 5.56 Å². The number of morpholine rings is 1. The maximum absolute atomic E-state index is 13.0. The summed E-state index contributed by atoms with van der Waals surface area (Å²) in [6.07, 6.45) is -0.515. The Morgan fingerprint density at radius 2 is 1.75 bits per heavy atom. The monoisotopic (exact) mass is 438 g/mol. The number of carboxylic acid groups (broad SMARTS) is 1. The number of hydrogen-bond acceptors (Lipinski definition) is 6. The molecule has 8 heteroatoms. The van der Waals surface area contributed by atoms with E-state index < -0.39 is 11.9 Å². The van der Waals surface area contributed by atoms with E-state index in [1.54, 1.807) is 6.07 Å². The molecule has 8 nitrogen and oxygen atoms in total. The van der Waals surface area contributed by atoms with E-state index in [1.165, 1.54) is 6.07 Å². The Labute approximate surface area is 184 Å².